The predicted molar refractivity (Wildman–Crippen MR) is 115 cm³/mol. The van der Waals surface area contributed by atoms with E-state index in [4.69, 9.17) is 9.73 Å². The van der Waals surface area contributed by atoms with Crippen molar-refractivity contribution in [3.8, 4) is 0 Å². The molecule has 2 heterocycles. The van der Waals surface area contributed by atoms with Crippen molar-refractivity contribution in [1.82, 2.24) is 20.4 Å². The van der Waals surface area contributed by atoms with Crippen LogP contribution in [0.5, 0.6) is 0 Å². The molecule has 0 aromatic carbocycles. The molecule has 2 N–H and O–H groups in total. The molecule has 0 aromatic heterocycles. The molecule has 2 aliphatic rings. The van der Waals surface area contributed by atoms with Gasteiger partial charge in [-0.2, -0.15) is 0 Å². The number of nitrogens with zero attached hydrogens (tertiary/aromatic N) is 3. The van der Waals surface area contributed by atoms with Gasteiger partial charge in [0, 0.05) is 71.8 Å². The zero-order chi connectivity index (χ0) is 20.6. The van der Waals surface area contributed by atoms with E-state index >= 15 is 0 Å². The Labute approximate surface area is 171 Å². The number of guanidine groups is 1. The van der Waals surface area contributed by atoms with Crippen LogP contribution in [0.1, 0.15) is 47.5 Å². The number of ether oxygens (including phenoxy) is 1. The molecule has 0 radical (unpaired) electrons. The molecule has 2 atom stereocenters. The highest BCUT2D eigenvalue weighted by Gasteiger charge is 2.35. The standard InChI is InChI=1S/C21H41N5O2/c1-6-22-20(23-9-10-25-11-13-26(14-12-25)17(2)27)24-16-18-8-7-15-28-19(18)21(3,4)5/h18-19H,6-16H2,1-5H3,(H2,22,23,24). The molecule has 0 aromatic rings. The molecule has 0 spiro atoms. The number of hydrogen-bond acceptors (Lipinski definition) is 4. The first kappa shape index (κ1) is 22.9. The van der Waals surface area contributed by atoms with Crippen LogP contribution >= 0.6 is 0 Å². The lowest BCUT2D eigenvalue weighted by Crippen LogP contribution is -2.50. The fraction of sp³-hybridized carbons (Fsp3) is 0.905. The van der Waals surface area contributed by atoms with Crippen molar-refractivity contribution < 1.29 is 9.53 Å². The number of piperazine rings is 1. The fourth-order valence-electron chi connectivity index (χ4n) is 4.16. The molecule has 1 amide bonds. The Balaban J connectivity index is 1.79. The smallest absolute Gasteiger partial charge is 0.219 e. The third kappa shape index (κ3) is 7.24. The van der Waals surface area contributed by atoms with Gasteiger partial charge in [-0.05, 0) is 25.2 Å². The van der Waals surface area contributed by atoms with Gasteiger partial charge in [-0.3, -0.25) is 14.7 Å². The second-order valence-corrected chi connectivity index (χ2v) is 9.05. The van der Waals surface area contributed by atoms with Crippen LogP contribution in [0.15, 0.2) is 4.99 Å². The number of aliphatic imine (C=N–C) groups is 1. The molecule has 2 aliphatic heterocycles. The molecule has 0 bridgehead atoms. The van der Waals surface area contributed by atoms with E-state index in [1.165, 1.54) is 6.42 Å². The highest BCUT2D eigenvalue weighted by molar-refractivity contribution is 5.79. The van der Waals surface area contributed by atoms with Crippen molar-refractivity contribution in [3.63, 3.8) is 0 Å². The van der Waals surface area contributed by atoms with E-state index in [0.717, 1.165) is 71.3 Å². The zero-order valence-electron chi connectivity index (χ0n) is 18.6. The van der Waals surface area contributed by atoms with E-state index in [0.29, 0.717) is 5.92 Å². The lowest BCUT2D eigenvalue weighted by atomic mass is 9.78. The Kier molecular flexibility index (Phi) is 9.02. The molecule has 28 heavy (non-hydrogen) atoms. The first-order chi connectivity index (χ1) is 13.3. The maximum Gasteiger partial charge on any atom is 0.219 e. The summed E-state index contributed by atoms with van der Waals surface area (Å²) < 4.78 is 6.09. The van der Waals surface area contributed by atoms with Crippen molar-refractivity contribution >= 4 is 11.9 Å². The minimum Gasteiger partial charge on any atom is -0.377 e. The van der Waals surface area contributed by atoms with Gasteiger partial charge in [0.25, 0.3) is 0 Å². The van der Waals surface area contributed by atoms with E-state index in [1.807, 2.05) is 4.90 Å². The summed E-state index contributed by atoms with van der Waals surface area (Å²) in [6, 6.07) is 0. The highest BCUT2D eigenvalue weighted by atomic mass is 16.5. The van der Waals surface area contributed by atoms with Crippen LogP contribution in [0.2, 0.25) is 0 Å². The monoisotopic (exact) mass is 395 g/mol. The van der Waals surface area contributed by atoms with Crippen molar-refractivity contribution in [2.45, 2.75) is 53.6 Å². The topological polar surface area (TPSA) is 69.2 Å². The van der Waals surface area contributed by atoms with Gasteiger partial charge < -0.3 is 20.3 Å². The normalized spacial score (nSPS) is 24.9. The van der Waals surface area contributed by atoms with Crippen LogP contribution in [-0.4, -0.2) is 86.7 Å². The van der Waals surface area contributed by atoms with Gasteiger partial charge in [0.1, 0.15) is 0 Å². The van der Waals surface area contributed by atoms with E-state index < -0.39 is 0 Å². The van der Waals surface area contributed by atoms with Crippen molar-refractivity contribution in [2.75, 3.05) is 59.0 Å². The van der Waals surface area contributed by atoms with Crippen LogP contribution in [0, 0.1) is 11.3 Å². The summed E-state index contributed by atoms with van der Waals surface area (Å²) in [7, 11) is 0. The molecule has 2 rings (SSSR count). The largest absolute Gasteiger partial charge is 0.377 e. The SMILES string of the molecule is CCNC(=NCC1CCCOC1C(C)(C)C)NCCN1CCN(C(C)=O)CC1. The predicted octanol–water partition coefficient (Wildman–Crippen LogP) is 1.55. The average molecular weight is 396 g/mol. The maximum atomic E-state index is 11.4. The Morgan fingerprint density at radius 1 is 1.18 bits per heavy atom. The summed E-state index contributed by atoms with van der Waals surface area (Å²) >= 11 is 0. The van der Waals surface area contributed by atoms with Gasteiger partial charge in [-0.1, -0.05) is 20.8 Å². The number of carbonyl (C=O) groups is 1. The summed E-state index contributed by atoms with van der Waals surface area (Å²) in [4.78, 5) is 20.6. The Morgan fingerprint density at radius 2 is 1.89 bits per heavy atom. The third-order valence-corrected chi connectivity index (χ3v) is 5.66. The van der Waals surface area contributed by atoms with E-state index in [-0.39, 0.29) is 17.4 Å². The minimum absolute atomic E-state index is 0.147. The first-order valence-electron chi connectivity index (χ1n) is 10.9. The Morgan fingerprint density at radius 3 is 2.50 bits per heavy atom. The summed E-state index contributed by atoms with van der Waals surface area (Å²) in [6.07, 6.45) is 2.58. The average Bonchev–Trinajstić information content (AvgIpc) is 2.66. The Hall–Kier alpha value is -1.34. The molecule has 0 aliphatic carbocycles. The zero-order valence-corrected chi connectivity index (χ0v) is 18.6. The minimum atomic E-state index is 0.147. The second-order valence-electron chi connectivity index (χ2n) is 9.05. The molecule has 2 fully saturated rings. The van der Waals surface area contributed by atoms with Gasteiger partial charge >= 0.3 is 0 Å². The van der Waals surface area contributed by atoms with Crippen LogP contribution < -0.4 is 10.6 Å². The number of carbonyl (C=O) groups excluding carboxylic acids is 1. The van der Waals surface area contributed by atoms with Crippen molar-refractivity contribution in [2.24, 2.45) is 16.3 Å². The number of rotatable bonds is 6. The molecular weight excluding hydrogens is 354 g/mol. The van der Waals surface area contributed by atoms with Gasteiger partial charge in [-0.25, -0.2) is 0 Å². The van der Waals surface area contributed by atoms with Crippen LogP contribution in [0.25, 0.3) is 0 Å². The van der Waals surface area contributed by atoms with Crippen molar-refractivity contribution in [3.05, 3.63) is 0 Å². The van der Waals surface area contributed by atoms with Crippen LogP contribution in [-0.2, 0) is 9.53 Å². The fourth-order valence-corrected chi connectivity index (χ4v) is 4.16. The Bertz CT molecular complexity index is 509. The molecule has 7 heteroatoms. The van der Waals surface area contributed by atoms with Gasteiger partial charge in [0.2, 0.25) is 5.91 Å². The summed E-state index contributed by atoms with van der Waals surface area (Å²) in [6.45, 7) is 18.4. The molecule has 0 saturated carbocycles. The first-order valence-corrected chi connectivity index (χ1v) is 10.9. The molecular formula is C21H41N5O2. The third-order valence-electron chi connectivity index (χ3n) is 5.66. The van der Waals surface area contributed by atoms with Gasteiger partial charge in [-0.15, -0.1) is 0 Å². The number of amides is 1. The van der Waals surface area contributed by atoms with Crippen LogP contribution in [0.4, 0.5) is 0 Å². The van der Waals surface area contributed by atoms with E-state index in [1.54, 1.807) is 6.92 Å². The second kappa shape index (κ2) is 11.0. The summed E-state index contributed by atoms with van der Waals surface area (Å²) in [5.74, 6) is 1.55. The van der Waals surface area contributed by atoms with Crippen LogP contribution in [0.3, 0.4) is 0 Å². The lowest BCUT2D eigenvalue weighted by Gasteiger charge is -2.39. The highest BCUT2D eigenvalue weighted by Crippen LogP contribution is 2.34. The van der Waals surface area contributed by atoms with E-state index in [2.05, 4.69) is 43.2 Å². The quantitative estimate of drug-likeness (QED) is 0.527. The molecule has 2 saturated heterocycles. The summed E-state index contributed by atoms with van der Waals surface area (Å²) in [5.41, 5.74) is 0.147. The molecule has 7 nitrogen and oxygen atoms in total. The molecule has 2 unspecified atom stereocenters. The van der Waals surface area contributed by atoms with E-state index in [9.17, 15) is 4.79 Å². The van der Waals surface area contributed by atoms with Gasteiger partial charge in [0.05, 0.1) is 6.10 Å². The van der Waals surface area contributed by atoms with Crippen molar-refractivity contribution in [1.29, 1.82) is 0 Å². The molecule has 162 valence electrons. The summed E-state index contributed by atoms with van der Waals surface area (Å²) in [5, 5.41) is 6.83. The number of hydrogen-bond donors (Lipinski definition) is 2. The lowest BCUT2D eigenvalue weighted by molar-refractivity contribution is -0.130. The van der Waals surface area contributed by atoms with Gasteiger partial charge in [0.15, 0.2) is 5.96 Å². The number of nitrogens with one attached hydrogen (secondary N) is 2. The maximum absolute atomic E-state index is 11.4.